The van der Waals surface area contributed by atoms with Crippen LogP contribution in [-0.2, 0) is 6.54 Å². The Morgan fingerprint density at radius 3 is 3.00 bits per heavy atom. The van der Waals surface area contributed by atoms with E-state index in [-0.39, 0.29) is 0 Å². The Balaban J connectivity index is 2.43. The van der Waals surface area contributed by atoms with Gasteiger partial charge >= 0.3 is 0 Å². The van der Waals surface area contributed by atoms with E-state index in [0.29, 0.717) is 23.5 Å². The van der Waals surface area contributed by atoms with Gasteiger partial charge in [0.25, 0.3) is 0 Å². The monoisotopic (exact) mass is 236 g/mol. The second kappa shape index (κ2) is 4.50. The highest BCUT2D eigenvalue weighted by Gasteiger charge is 2.18. The number of anilines is 1. The van der Waals surface area contributed by atoms with Crippen molar-refractivity contribution < 1.29 is 9.50 Å². The topological polar surface area (TPSA) is 77.0 Å². The van der Waals surface area contributed by atoms with E-state index in [0.717, 1.165) is 0 Å². The first kappa shape index (κ1) is 11.5. The Bertz CT molecular complexity index is 526. The third-order valence-electron chi connectivity index (χ3n) is 2.57. The van der Waals surface area contributed by atoms with Crippen molar-refractivity contribution in [3.05, 3.63) is 41.5 Å². The quantitative estimate of drug-likeness (QED) is 0.782. The van der Waals surface area contributed by atoms with Gasteiger partial charge in [0, 0.05) is 17.8 Å². The molecule has 2 rings (SSSR count). The Kier molecular flexibility index (Phi) is 3.06. The molecule has 17 heavy (non-hydrogen) atoms. The van der Waals surface area contributed by atoms with Gasteiger partial charge in [-0.3, -0.25) is 0 Å². The van der Waals surface area contributed by atoms with Crippen molar-refractivity contribution in [3.8, 4) is 0 Å². The summed E-state index contributed by atoms with van der Waals surface area (Å²) in [6.45, 7) is 2.45. The molecule has 0 spiro atoms. The van der Waals surface area contributed by atoms with Crippen LogP contribution in [0, 0.1) is 5.82 Å². The molecular weight excluding hydrogens is 223 g/mol. The number of aromatic nitrogens is 3. The lowest BCUT2D eigenvalue weighted by atomic mass is 10.0. The fraction of sp³-hybridized carbons (Fsp3) is 0.273. The van der Waals surface area contributed by atoms with Crippen molar-refractivity contribution in [1.29, 1.82) is 0 Å². The third-order valence-corrected chi connectivity index (χ3v) is 2.57. The van der Waals surface area contributed by atoms with E-state index in [4.69, 9.17) is 5.73 Å². The van der Waals surface area contributed by atoms with Gasteiger partial charge in [0.1, 0.15) is 11.9 Å². The number of hydrogen-bond acceptors (Lipinski definition) is 4. The van der Waals surface area contributed by atoms with Gasteiger partial charge < -0.3 is 10.8 Å². The van der Waals surface area contributed by atoms with Crippen molar-refractivity contribution >= 4 is 5.69 Å². The number of nitrogen functional groups attached to an aromatic ring is 1. The SMILES string of the molecule is CCn1nncc1C(O)c1cc(F)ccc1N. The molecule has 0 fully saturated rings. The maximum Gasteiger partial charge on any atom is 0.124 e. The molecule has 1 unspecified atom stereocenters. The molecule has 0 aliphatic carbocycles. The first-order valence-electron chi connectivity index (χ1n) is 5.25. The summed E-state index contributed by atoms with van der Waals surface area (Å²) < 4.78 is 14.7. The number of aliphatic hydroxyl groups excluding tert-OH is 1. The molecule has 0 saturated heterocycles. The summed E-state index contributed by atoms with van der Waals surface area (Å²) in [7, 11) is 0. The zero-order valence-electron chi connectivity index (χ0n) is 9.34. The first-order valence-corrected chi connectivity index (χ1v) is 5.25. The molecule has 90 valence electrons. The summed E-state index contributed by atoms with van der Waals surface area (Å²) in [4.78, 5) is 0. The summed E-state index contributed by atoms with van der Waals surface area (Å²) in [6.07, 6.45) is 0.416. The zero-order valence-corrected chi connectivity index (χ0v) is 9.34. The van der Waals surface area contributed by atoms with Crippen LogP contribution >= 0.6 is 0 Å². The Labute approximate surface area is 97.7 Å². The average molecular weight is 236 g/mol. The number of aryl methyl sites for hydroxylation is 1. The number of benzene rings is 1. The highest BCUT2D eigenvalue weighted by atomic mass is 19.1. The van der Waals surface area contributed by atoms with Gasteiger partial charge in [-0.2, -0.15) is 0 Å². The van der Waals surface area contributed by atoms with E-state index < -0.39 is 11.9 Å². The molecule has 0 radical (unpaired) electrons. The maximum absolute atomic E-state index is 13.1. The van der Waals surface area contributed by atoms with E-state index in [1.165, 1.54) is 29.1 Å². The predicted octanol–water partition coefficient (Wildman–Crippen LogP) is 1.10. The van der Waals surface area contributed by atoms with Gasteiger partial charge in [-0.1, -0.05) is 5.21 Å². The van der Waals surface area contributed by atoms with E-state index in [1.54, 1.807) is 0 Å². The number of halogens is 1. The van der Waals surface area contributed by atoms with Gasteiger partial charge in [-0.25, -0.2) is 9.07 Å². The number of nitrogens with two attached hydrogens (primary N) is 1. The summed E-state index contributed by atoms with van der Waals surface area (Å²) in [5.74, 6) is -0.441. The van der Waals surface area contributed by atoms with Gasteiger partial charge in [0.15, 0.2) is 0 Å². The average Bonchev–Trinajstić information content (AvgIpc) is 2.79. The summed E-state index contributed by atoms with van der Waals surface area (Å²) >= 11 is 0. The lowest BCUT2D eigenvalue weighted by Gasteiger charge is -2.13. The van der Waals surface area contributed by atoms with Crippen LogP contribution in [0.2, 0.25) is 0 Å². The van der Waals surface area contributed by atoms with Gasteiger partial charge in [0.05, 0.1) is 11.9 Å². The van der Waals surface area contributed by atoms with Crippen LogP contribution in [0.15, 0.2) is 24.4 Å². The highest BCUT2D eigenvalue weighted by molar-refractivity contribution is 5.49. The Morgan fingerprint density at radius 2 is 2.29 bits per heavy atom. The van der Waals surface area contributed by atoms with E-state index in [2.05, 4.69) is 10.3 Å². The van der Waals surface area contributed by atoms with Crippen LogP contribution in [0.3, 0.4) is 0 Å². The largest absolute Gasteiger partial charge is 0.398 e. The second-order valence-electron chi connectivity index (χ2n) is 3.65. The minimum Gasteiger partial charge on any atom is -0.398 e. The maximum atomic E-state index is 13.1. The van der Waals surface area contributed by atoms with Gasteiger partial charge in [-0.15, -0.1) is 5.10 Å². The van der Waals surface area contributed by atoms with E-state index >= 15 is 0 Å². The molecule has 1 aromatic heterocycles. The van der Waals surface area contributed by atoms with Crippen LogP contribution in [-0.4, -0.2) is 20.1 Å². The van der Waals surface area contributed by atoms with Crippen LogP contribution in [0.4, 0.5) is 10.1 Å². The molecule has 3 N–H and O–H groups in total. The molecule has 2 aromatic rings. The minimum atomic E-state index is -1.03. The Hall–Kier alpha value is -1.95. The molecule has 1 atom stereocenters. The zero-order chi connectivity index (χ0) is 12.4. The summed E-state index contributed by atoms with van der Waals surface area (Å²) in [6, 6.07) is 3.89. The van der Waals surface area contributed by atoms with Crippen molar-refractivity contribution in [2.24, 2.45) is 0 Å². The number of hydrogen-bond donors (Lipinski definition) is 2. The molecule has 6 heteroatoms. The Morgan fingerprint density at radius 1 is 1.53 bits per heavy atom. The second-order valence-corrected chi connectivity index (χ2v) is 3.65. The minimum absolute atomic E-state index is 0.321. The molecular formula is C11H13FN4O. The van der Waals surface area contributed by atoms with E-state index in [1.807, 2.05) is 6.92 Å². The molecule has 0 amide bonds. The first-order chi connectivity index (χ1) is 8.13. The summed E-state index contributed by atoms with van der Waals surface area (Å²) in [5, 5.41) is 17.7. The normalized spacial score (nSPS) is 12.6. The van der Waals surface area contributed by atoms with Gasteiger partial charge in [-0.05, 0) is 25.1 Å². The van der Waals surface area contributed by atoms with E-state index in [9.17, 15) is 9.50 Å². The number of aliphatic hydroxyl groups is 1. The molecule has 0 bridgehead atoms. The van der Waals surface area contributed by atoms with Crippen LogP contribution in [0.25, 0.3) is 0 Å². The highest BCUT2D eigenvalue weighted by Crippen LogP contribution is 2.26. The van der Waals surface area contributed by atoms with Crippen LogP contribution in [0.5, 0.6) is 0 Å². The molecule has 5 nitrogen and oxygen atoms in total. The number of rotatable bonds is 3. The molecule has 1 heterocycles. The van der Waals surface area contributed by atoms with Crippen molar-refractivity contribution in [1.82, 2.24) is 15.0 Å². The third kappa shape index (κ3) is 2.12. The smallest absolute Gasteiger partial charge is 0.124 e. The molecule has 1 aromatic carbocycles. The van der Waals surface area contributed by atoms with Crippen LogP contribution < -0.4 is 5.73 Å². The summed E-state index contributed by atoms with van der Waals surface area (Å²) in [5.41, 5.74) is 6.86. The predicted molar refractivity (Wildman–Crippen MR) is 60.6 cm³/mol. The fourth-order valence-electron chi connectivity index (χ4n) is 1.66. The molecule has 0 aliphatic rings. The molecule has 0 aliphatic heterocycles. The van der Waals surface area contributed by atoms with Crippen molar-refractivity contribution in [2.75, 3.05) is 5.73 Å². The number of nitrogens with zero attached hydrogens (tertiary/aromatic N) is 3. The fourth-order valence-corrected chi connectivity index (χ4v) is 1.66. The lowest BCUT2D eigenvalue weighted by molar-refractivity contribution is 0.208. The van der Waals surface area contributed by atoms with Crippen molar-refractivity contribution in [3.63, 3.8) is 0 Å². The standard InChI is InChI=1S/C11H13FN4O/c1-2-16-10(6-14-15-16)11(17)8-5-7(12)3-4-9(8)13/h3-6,11,17H,2,13H2,1H3. The molecule has 0 saturated carbocycles. The van der Waals surface area contributed by atoms with Crippen molar-refractivity contribution in [2.45, 2.75) is 19.6 Å². The van der Waals surface area contributed by atoms with Gasteiger partial charge in [0.2, 0.25) is 0 Å². The lowest BCUT2D eigenvalue weighted by Crippen LogP contribution is -2.11. The van der Waals surface area contributed by atoms with Crippen LogP contribution in [0.1, 0.15) is 24.3 Å².